The fourth-order valence-corrected chi connectivity index (χ4v) is 3.82. The molecule has 0 bridgehead atoms. The van der Waals surface area contributed by atoms with Gasteiger partial charge in [-0.3, -0.25) is 9.59 Å². The molecule has 37 heavy (non-hydrogen) atoms. The molecule has 0 saturated heterocycles. The van der Waals surface area contributed by atoms with Crippen molar-refractivity contribution in [2.75, 3.05) is 0 Å². The van der Waals surface area contributed by atoms with Gasteiger partial charge in [0.2, 0.25) is 5.91 Å². The van der Waals surface area contributed by atoms with Crippen molar-refractivity contribution in [2.45, 2.75) is 37.8 Å². The Morgan fingerprint density at radius 3 is 2.11 bits per heavy atom. The first-order valence-corrected chi connectivity index (χ1v) is 11.5. The van der Waals surface area contributed by atoms with Crippen LogP contribution in [0, 0.1) is 0 Å². The van der Waals surface area contributed by atoms with Crippen molar-refractivity contribution in [1.29, 1.82) is 0 Å². The number of carbonyl (C=O) groups is 2. The van der Waals surface area contributed by atoms with E-state index in [9.17, 15) is 35.9 Å². The second kappa shape index (κ2) is 12.2. The van der Waals surface area contributed by atoms with Crippen LogP contribution >= 0.6 is 34.8 Å². The topological polar surface area (TPSA) is 58.2 Å². The zero-order valence-corrected chi connectivity index (χ0v) is 21.2. The van der Waals surface area contributed by atoms with Crippen LogP contribution in [0.2, 0.25) is 15.1 Å². The number of amides is 2. The van der Waals surface area contributed by atoms with Crippen LogP contribution in [-0.4, -0.2) is 24.2 Å². The molecule has 0 fully saturated rings. The Morgan fingerprint density at radius 1 is 1.00 bits per heavy atom. The monoisotopic (exact) mass is 586 g/mol. The van der Waals surface area contributed by atoms with Gasteiger partial charge in [-0.2, -0.15) is 26.3 Å². The molecule has 2 rings (SSSR count). The van der Waals surface area contributed by atoms with Crippen LogP contribution in [0.1, 0.15) is 46.3 Å². The fourth-order valence-electron chi connectivity index (χ4n) is 3.21. The van der Waals surface area contributed by atoms with Gasteiger partial charge >= 0.3 is 12.4 Å². The van der Waals surface area contributed by atoms with Gasteiger partial charge in [-0.25, -0.2) is 0 Å². The van der Waals surface area contributed by atoms with Crippen molar-refractivity contribution in [3.05, 3.63) is 86.4 Å². The zero-order valence-electron chi connectivity index (χ0n) is 18.9. The van der Waals surface area contributed by atoms with Crippen LogP contribution < -0.4 is 10.6 Å². The van der Waals surface area contributed by atoms with E-state index in [1.165, 1.54) is 13.0 Å². The standard InChI is InChI=1S/C24H19Cl3F6N2O2/c1-3-4-20(36)34-12(2)35-22(37)15-7-5-13(9-17(15)24(31,32)33)6-8-16(23(28,29)30)14-10-18(25)21(27)19(26)11-14/h3,5-12,16H,1,4H2,2H3,(H,34,36)(H,35,37)/b8-6+/t12-,16?/m1/s1. The van der Waals surface area contributed by atoms with Crippen LogP contribution in [0.4, 0.5) is 26.3 Å². The van der Waals surface area contributed by atoms with E-state index in [4.69, 9.17) is 34.8 Å². The maximum Gasteiger partial charge on any atom is 0.417 e. The number of allylic oxidation sites excluding steroid dienone is 1. The smallest absolute Gasteiger partial charge is 0.336 e. The van der Waals surface area contributed by atoms with Crippen molar-refractivity contribution in [3.63, 3.8) is 0 Å². The van der Waals surface area contributed by atoms with Gasteiger partial charge in [0.05, 0.1) is 38.3 Å². The fraction of sp³-hybridized carbons (Fsp3) is 0.250. The number of halogens is 9. The number of alkyl halides is 6. The third kappa shape index (κ3) is 8.41. The van der Waals surface area contributed by atoms with Crippen LogP contribution in [0.15, 0.2) is 49.1 Å². The molecule has 0 aromatic heterocycles. The Balaban J connectivity index is 2.40. The predicted octanol–water partition coefficient (Wildman–Crippen LogP) is 7.79. The van der Waals surface area contributed by atoms with Crippen molar-refractivity contribution in [2.24, 2.45) is 0 Å². The quantitative estimate of drug-likeness (QED) is 0.143. The van der Waals surface area contributed by atoms with Crippen LogP contribution in [0.5, 0.6) is 0 Å². The number of hydrogen-bond acceptors (Lipinski definition) is 2. The first-order valence-electron chi connectivity index (χ1n) is 10.4. The highest BCUT2D eigenvalue weighted by molar-refractivity contribution is 6.48. The Morgan fingerprint density at radius 2 is 1.59 bits per heavy atom. The van der Waals surface area contributed by atoms with Crippen molar-refractivity contribution >= 4 is 52.7 Å². The number of hydrogen-bond donors (Lipinski definition) is 2. The lowest BCUT2D eigenvalue weighted by Gasteiger charge is -2.19. The summed E-state index contributed by atoms with van der Waals surface area (Å²) in [4.78, 5) is 24.0. The molecule has 2 aromatic carbocycles. The summed E-state index contributed by atoms with van der Waals surface area (Å²) >= 11 is 17.4. The largest absolute Gasteiger partial charge is 0.417 e. The van der Waals surface area contributed by atoms with E-state index in [0.29, 0.717) is 12.1 Å². The van der Waals surface area contributed by atoms with Gasteiger partial charge in [0, 0.05) is 6.42 Å². The van der Waals surface area contributed by atoms with E-state index in [1.807, 2.05) is 0 Å². The third-order valence-corrected chi connectivity index (χ3v) is 6.04. The maximum atomic E-state index is 13.7. The molecule has 200 valence electrons. The minimum absolute atomic E-state index is 0.0671. The number of benzene rings is 2. The van der Waals surface area contributed by atoms with E-state index < -0.39 is 47.4 Å². The van der Waals surface area contributed by atoms with Gasteiger partial charge in [0.1, 0.15) is 0 Å². The number of rotatable bonds is 8. The molecule has 13 heteroatoms. The molecular formula is C24H19Cl3F6N2O2. The maximum absolute atomic E-state index is 13.7. The summed E-state index contributed by atoms with van der Waals surface area (Å²) in [7, 11) is 0. The van der Waals surface area contributed by atoms with Gasteiger partial charge in [-0.1, -0.05) is 59.1 Å². The molecule has 0 spiro atoms. The minimum atomic E-state index is -5.01. The summed E-state index contributed by atoms with van der Waals surface area (Å²) in [5.41, 5.74) is -2.78. The normalized spacial score (nSPS) is 13.8. The zero-order chi connectivity index (χ0) is 28.1. The number of carbonyl (C=O) groups excluding carboxylic acids is 2. The van der Waals surface area contributed by atoms with Crippen LogP contribution in [-0.2, 0) is 11.0 Å². The Labute approximate surface area is 223 Å². The second-order valence-electron chi connectivity index (χ2n) is 7.74. The molecule has 2 aromatic rings. The highest BCUT2D eigenvalue weighted by Gasteiger charge is 2.40. The molecule has 0 aliphatic carbocycles. The molecular weight excluding hydrogens is 569 g/mol. The highest BCUT2D eigenvalue weighted by Crippen LogP contribution is 2.41. The third-order valence-electron chi connectivity index (χ3n) is 4.85. The predicted molar refractivity (Wildman–Crippen MR) is 131 cm³/mol. The molecule has 0 heterocycles. The van der Waals surface area contributed by atoms with Gasteiger partial charge in [0.25, 0.3) is 5.91 Å². The SMILES string of the molecule is C=CCC(=O)N[C@@H](C)NC(=O)c1ccc(/C=C/C(c2cc(Cl)c(Cl)c(Cl)c2)C(F)(F)F)cc1C(F)(F)F. The van der Waals surface area contributed by atoms with E-state index in [0.717, 1.165) is 30.3 Å². The average Bonchev–Trinajstić information content (AvgIpc) is 2.75. The summed E-state index contributed by atoms with van der Waals surface area (Å²) < 4.78 is 82.3. The summed E-state index contributed by atoms with van der Waals surface area (Å²) in [5, 5.41) is 3.98. The lowest BCUT2D eigenvalue weighted by atomic mass is 9.96. The molecule has 4 nitrogen and oxygen atoms in total. The Kier molecular flexibility index (Phi) is 10.1. The highest BCUT2D eigenvalue weighted by atomic mass is 35.5. The summed E-state index contributed by atoms with van der Waals surface area (Å²) in [6.07, 6.45) is -8.14. The molecule has 0 aliphatic rings. The molecule has 0 radical (unpaired) electrons. The molecule has 2 N–H and O–H groups in total. The first kappa shape index (κ1) is 30.5. The van der Waals surface area contributed by atoms with Crippen LogP contribution in [0.3, 0.4) is 0 Å². The Bertz CT molecular complexity index is 1190. The van der Waals surface area contributed by atoms with Gasteiger partial charge in [0.15, 0.2) is 0 Å². The van der Waals surface area contributed by atoms with Crippen molar-refractivity contribution < 1.29 is 35.9 Å². The molecule has 0 aliphatic heterocycles. The van der Waals surface area contributed by atoms with Crippen molar-refractivity contribution in [1.82, 2.24) is 10.6 Å². The lowest BCUT2D eigenvalue weighted by Crippen LogP contribution is -2.46. The van der Waals surface area contributed by atoms with E-state index >= 15 is 0 Å². The van der Waals surface area contributed by atoms with Crippen molar-refractivity contribution in [3.8, 4) is 0 Å². The summed E-state index contributed by atoms with van der Waals surface area (Å²) in [6, 6.07) is 4.34. The summed E-state index contributed by atoms with van der Waals surface area (Å²) in [6.45, 7) is 4.72. The number of nitrogens with one attached hydrogen (secondary N) is 2. The van der Waals surface area contributed by atoms with Crippen LogP contribution in [0.25, 0.3) is 6.08 Å². The van der Waals surface area contributed by atoms with Gasteiger partial charge < -0.3 is 10.6 Å². The molecule has 2 amide bonds. The van der Waals surface area contributed by atoms with Gasteiger partial charge in [-0.15, -0.1) is 6.58 Å². The van der Waals surface area contributed by atoms with E-state index in [-0.39, 0.29) is 32.6 Å². The second-order valence-corrected chi connectivity index (χ2v) is 8.93. The molecule has 1 unspecified atom stereocenters. The molecule has 2 atom stereocenters. The average molecular weight is 588 g/mol. The summed E-state index contributed by atoms with van der Waals surface area (Å²) in [5.74, 6) is -3.92. The first-order chi connectivity index (χ1) is 17.0. The molecule has 0 saturated carbocycles. The Hall–Kier alpha value is -2.69. The minimum Gasteiger partial charge on any atom is -0.336 e. The lowest BCUT2D eigenvalue weighted by molar-refractivity contribution is -0.139. The van der Waals surface area contributed by atoms with E-state index in [2.05, 4.69) is 17.2 Å². The van der Waals surface area contributed by atoms with E-state index in [1.54, 1.807) is 0 Å². The van der Waals surface area contributed by atoms with Gasteiger partial charge in [-0.05, 0) is 42.3 Å².